The SMILES string of the molecule is NNc1nnc(COc2c(F)cccc2F)s1. The van der Waals surface area contributed by atoms with Crippen LogP contribution in [0.3, 0.4) is 0 Å². The van der Waals surface area contributed by atoms with Crippen molar-refractivity contribution in [2.45, 2.75) is 6.61 Å². The van der Waals surface area contributed by atoms with Crippen LogP contribution in [0.5, 0.6) is 5.75 Å². The third kappa shape index (κ3) is 2.66. The first-order chi connectivity index (χ1) is 8.20. The normalized spacial score (nSPS) is 10.3. The summed E-state index contributed by atoms with van der Waals surface area (Å²) in [5.74, 6) is 3.17. The molecule has 0 amide bonds. The Morgan fingerprint density at radius 3 is 2.59 bits per heavy atom. The van der Waals surface area contributed by atoms with E-state index < -0.39 is 17.4 Å². The number of rotatable bonds is 4. The number of ether oxygens (including phenoxy) is 1. The van der Waals surface area contributed by atoms with Crippen molar-refractivity contribution < 1.29 is 13.5 Å². The van der Waals surface area contributed by atoms with Gasteiger partial charge in [-0.2, -0.15) is 0 Å². The third-order valence-corrected chi connectivity index (χ3v) is 2.68. The fraction of sp³-hybridized carbons (Fsp3) is 0.111. The molecule has 0 aliphatic rings. The molecule has 3 N–H and O–H groups in total. The molecule has 0 aliphatic carbocycles. The lowest BCUT2D eigenvalue weighted by molar-refractivity contribution is 0.273. The lowest BCUT2D eigenvalue weighted by atomic mass is 10.3. The number of nitrogens with one attached hydrogen (secondary N) is 1. The first kappa shape index (κ1) is 11.7. The van der Waals surface area contributed by atoms with E-state index in [2.05, 4.69) is 15.6 Å². The predicted octanol–water partition coefficient (Wildman–Crippen LogP) is 1.68. The molecular formula is C9H8F2N4OS. The molecule has 90 valence electrons. The van der Waals surface area contributed by atoms with Gasteiger partial charge in [0.15, 0.2) is 22.4 Å². The largest absolute Gasteiger partial charge is 0.480 e. The van der Waals surface area contributed by atoms with E-state index in [4.69, 9.17) is 10.6 Å². The van der Waals surface area contributed by atoms with Crippen LogP contribution in [0, 0.1) is 11.6 Å². The molecule has 5 nitrogen and oxygen atoms in total. The van der Waals surface area contributed by atoms with Gasteiger partial charge in [0, 0.05) is 0 Å². The Morgan fingerprint density at radius 1 is 1.29 bits per heavy atom. The molecule has 2 aromatic rings. The number of para-hydroxylation sites is 1. The minimum absolute atomic E-state index is 0.0722. The summed E-state index contributed by atoms with van der Waals surface area (Å²) in [6, 6.07) is 3.50. The lowest BCUT2D eigenvalue weighted by Crippen LogP contribution is -2.05. The maximum absolute atomic E-state index is 13.2. The fourth-order valence-electron chi connectivity index (χ4n) is 1.12. The summed E-state index contributed by atoms with van der Waals surface area (Å²) in [4.78, 5) is 0. The minimum atomic E-state index is -0.758. The molecule has 0 fully saturated rings. The van der Waals surface area contributed by atoms with Gasteiger partial charge in [0.25, 0.3) is 0 Å². The molecule has 0 aliphatic heterocycles. The van der Waals surface area contributed by atoms with Crippen LogP contribution in [0.2, 0.25) is 0 Å². The van der Waals surface area contributed by atoms with Gasteiger partial charge in [0.2, 0.25) is 5.13 Å². The number of nitrogen functional groups attached to an aromatic ring is 1. The van der Waals surface area contributed by atoms with E-state index in [1.165, 1.54) is 6.07 Å². The van der Waals surface area contributed by atoms with E-state index >= 15 is 0 Å². The van der Waals surface area contributed by atoms with Crippen LogP contribution in [-0.2, 0) is 6.61 Å². The summed E-state index contributed by atoms with van der Waals surface area (Å²) in [6.07, 6.45) is 0. The molecule has 0 bridgehead atoms. The topological polar surface area (TPSA) is 73.1 Å². The van der Waals surface area contributed by atoms with Crippen molar-refractivity contribution in [1.82, 2.24) is 10.2 Å². The summed E-state index contributed by atoms with van der Waals surface area (Å²) < 4.78 is 31.4. The van der Waals surface area contributed by atoms with Crippen molar-refractivity contribution in [3.8, 4) is 5.75 Å². The number of aromatic nitrogens is 2. The molecule has 1 aromatic carbocycles. The molecule has 1 aromatic heterocycles. The highest BCUT2D eigenvalue weighted by molar-refractivity contribution is 7.15. The number of hydrazine groups is 1. The average Bonchev–Trinajstić information content (AvgIpc) is 2.76. The fourth-order valence-corrected chi connectivity index (χ4v) is 1.69. The summed E-state index contributed by atoms with van der Waals surface area (Å²) in [6.45, 7) is -0.0722. The van der Waals surface area contributed by atoms with Crippen molar-refractivity contribution in [2.75, 3.05) is 5.43 Å². The van der Waals surface area contributed by atoms with Gasteiger partial charge >= 0.3 is 0 Å². The number of hydrogen-bond donors (Lipinski definition) is 2. The molecule has 0 saturated carbocycles. The summed E-state index contributed by atoms with van der Waals surface area (Å²) in [7, 11) is 0. The first-order valence-electron chi connectivity index (χ1n) is 4.56. The van der Waals surface area contributed by atoms with E-state index in [1.807, 2.05) is 0 Å². The van der Waals surface area contributed by atoms with E-state index in [0.717, 1.165) is 23.5 Å². The average molecular weight is 258 g/mol. The Labute approximate surface area is 99.2 Å². The number of nitrogens with two attached hydrogens (primary N) is 1. The molecule has 0 spiro atoms. The molecule has 8 heteroatoms. The summed E-state index contributed by atoms with van der Waals surface area (Å²) in [5, 5.41) is 8.23. The van der Waals surface area contributed by atoms with E-state index in [-0.39, 0.29) is 6.61 Å². The van der Waals surface area contributed by atoms with Gasteiger partial charge in [-0.3, -0.25) is 5.43 Å². The summed E-state index contributed by atoms with van der Waals surface area (Å²) >= 11 is 1.14. The predicted molar refractivity (Wildman–Crippen MR) is 58.4 cm³/mol. The van der Waals surface area contributed by atoms with Gasteiger partial charge in [-0.15, -0.1) is 10.2 Å². The molecule has 0 atom stereocenters. The maximum atomic E-state index is 13.2. The molecule has 0 unspecified atom stereocenters. The van der Waals surface area contributed by atoms with Crippen LogP contribution in [-0.4, -0.2) is 10.2 Å². The molecule has 1 heterocycles. The highest BCUT2D eigenvalue weighted by Gasteiger charge is 2.11. The lowest BCUT2D eigenvalue weighted by Gasteiger charge is -2.05. The van der Waals surface area contributed by atoms with Gasteiger partial charge in [0.1, 0.15) is 6.61 Å². The number of hydrogen-bond acceptors (Lipinski definition) is 6. The molecule has 17 heavy (non-hydrogen) atoms. The first-order valence-corrected chi connectivity index (χ1v) is 5.38. The Kier molecular flexibility index (Phi) is 3.45. The zero-order valence-corrected chi connectivity index (χ0v) is 9.30. The van der Waals surface area contributed by atoms with Crippen molar-refractivity contribution >= 4 is 16.5 Å². The van der Waals surface area contributed by atoms with Gasteiger partial charge in [-0.05, 0) is 12.1 Å². The van der Waals surface area contributed by atoms with Gasteiger partial charge in [-0.1, -0.05) is 17.4 Å². The zero-order valence-electron chi connectivity index (χ0n) is 8.48. The Bertz CT molecular complexity index is 499. The van der Waals surface area contributed by atoms with Crippen molar-refractivity contribution in [3.05, 3.63) is 34.8 Å². The van der Waals surface area contributed by atoms with Crippen LogP contribution in [0.4, 0.5) is 13.9 Å². The van der Waals surface area contributed by atoms with Crippen LogP contribution in [0.25, 0.3) is 0 Å². The van der Waals surface area contributed by atoms with Gasteiger partial charge in [0.05, 0.1) is 0 Å². The van der Waals surface area contributed by atoms with Crippen molar-refractivity contribution in [2.24, 2.45) is 5.84 Å². The van der Waals surface area contributed by atoms with E-state index in [9.17, 15) is 8.78 Å². The number of nitrogens with zero attached hydrogens (tertiary/aromatic N) is 2. The van der Waals surface area contributed by atoms with Crippen LogP contribution >= 0.6 is 11.3 Å². The van der Waals surface area contributed by atoms with Crippen LogP contribution in [0.1, 0.15) is 5.01 Å². The highest BCUT2D eigenvalue weighted by atomic mass is 32.1. The Balaban J connectivity index is 2.07. The number of anilines is 1. The second kappa shape index (κ2) is 5.02. The monoisotopic (exact) mass is 258 g/mol. The third-order valence-electron chi connectivity index (χ3n) is 1.85. The Hall–Kier alpha value is -1.80. The molecule has 0 radical (unpaired) electrons. The van der Waals surface area contributed by atoms with Crippen molar-refractivity contribution in [3.63, 3.8) is 0 Å². The Morgan fingerprint density at radius 2 is 2.00 bits per heavy atom. The van der Waals surface area contributed by atoms with Crippen LogP contribution < -0.4 is 16.0 Å². The zero-order chi connectivity index (χ0) is 12.3. The quantitative estimate of drug-likeness (QED) is 0.644. The van der Waals surface area contributed by atoms with Gasteiger partial charge < -0.3 is 4.74 Å². The molecule has 2 rings (SSSR count). The minimum Gasteiger partial charge on any atom is -0.480 e. The smallest absolute Gasteiger partial charge is 0.219 e. The standard InChI is InChI=1S/C9H8F2N4OS/c10-5-2-1-3-6(11)8(5)16-4-7-14-15-9(13-12)17-7/h1-3H,4,12H2,(H,13,15). The molecular weight excluding hydrogens is 250 g/mol. The second-order valence-corrected chi connectivity index (χ2v) is 4.05. The van der Waals surface area contributed by atoms with Crippen LogP contribution in [0.15, 0.2) is 18.2 Å². The van der Waals surface area contributed by atoms with Gasteiger partial charge in [-0.25, -0.2) is 14.6 Å². The second-order valence-electron chi connectivity index (χ2n) is 2.98. The van der Waals surface area contributed by atoms with E-state index in [0.29, 0.717) is 10.1 Å². The van der Waals surface area contributed by atoms with Crippen molar-refractivity contribution in [1.29, 1.82) is 0 Å². The maximum Gasteiger partial charge on any atom is 0.219 e. The number of benzene rings is 1. The summed E-state index contributed by atoms with van der Waals surface area (Å²) in [5.41, 5.74) is 2.31. The number of halogens is 2. The van der Waals surface area contributed by atoms with E-state index in [1.54, 1.807) is 0 Å². The molecule has 0 saturated heterocycles. The highest BCUT2D eigenvalue weighted by Crippen LogP contribution is 2.23.